The van der Waals surface area contributed by atoms with Crippen LogP contribution in [-0.2, 0) is 18.6 Å². The van der Waals surface area contributed by atoms with Crippen molar-refractivity contribution >= 4 is 11.8 Å². The molecule has 0 aliphatic heterocycles. The van der Waals surface area contributed by atoms with Gasteiger partial charge in [-0.15, -0.1) is 0 Å². The van der Waals surface area contributed by atoms with Crippen molar-refractivity contribution in [3.8, 4) is 0 Å². The Morgan fingerprint density at radius 1 is 1.23 bits per heavy atom. The summed E-state index contributed by atoms with van der Waals surface area (Å²) < 4.78 is 3.84. The minimum atomic E-state index is 0.0605. The first-order valence-corrected chi connectivity index (χ1v) is 9.15. The van der Waals surface area contributed by atoms with Gasteiger partial charge in [-0.3, -0.25) is 9.48 Å². The van der Waals surface area contributed by atoms with Crippen molar-refractivity contribution in [2.45, 2.75) is 49.7 Å². The van der Waals surface area contributed by atoms with Crippen LogP contribution in [0.2, 0.25) is 0 Å². The van der Waals surface area contributed by atoms with Gasteiger partial charge in [0.1, 0.15) is 0 Å². The third-order valence-corrected chi connectivity index (χ3v) is 5.40. The van der Waals surface area contributed by atoms with Gasteiger partial charge in [0.2, 0.25) is 0 Å². The Hall–Kier alpha value is -1.49. The molecule has 0 aromatic carbocycles. The van der Waals surface area contributed by atoms with E-state index in [2.05, 4.69) is 15.8 Å². The van der Waals surface area contributed by atoms with Gasteiger partial charge in [-0.25, -0.2) is 0 Å². The summed E-state index contributed by atoms with van der Waals surface area (Å²) in [5.41, 5.74) is 2.46. The van der Waals surface area contributed by atoms with Crippen LogP contribution < -0.4 is 5.56 Å². The van der Waals surface area contributed by atoms with Crippen LogP contribution in [0.15, 0.2) is 35.4 Å². The molecule has 2 heterocycles. The van der Waals surface area contributed by atoms with Crippen molar-refractivity contribution in [1.82, 2.24) is 14.3 Å². The number of aromatic nitrogens is 3. The van der Waals surface area contributed by atoms with Crippen LogP contribution in [0.1, 0.15) is 49.4 Å². The number of nitrogens with zero attached hydrogens (tertiary/aromatic N) is 3. The van der Waals surface area contributed by atoms with E-state index in [1.807, 2.05) is 30.2 Å². The van der Waals surface area contributed by atoms with Gasteiger partial charge in [-0.2, -0.15) is 16.9 Å². The number of pyridine rings is 1. The lowest BCUT2D eigenvalue weighted by molar-refractivity contribution is 0.324. The molecule has 4 nitrogen and oxygen atoms in total. The highest BCUT2D eigenvalue weighted by Crippen LogP contribution is 2.29. The number of thioether (sulfide) groups is 1. The molecule has 1 aliphatic carbocycles. The zero-order chi connectivity index (χ0) is 15.4. The minimum absolute atomic E-state index is 0.0605. The van der Waals surface area contributed by atoms with Gasteiger partial charge in [-0.05, 0) is 30.5 Å². The normalized spacial score (nSPS) is 16.0. The smallest absolute Gasteiger partial charge is 0.250 e. The zero-order valence-corrected chi connectivity index (χ0v) is 13.9. The molecular weight excluding hydrogens is 294 g/mol. The molecule has 0 bridgehead atoms. The number of rotatable bonds is 5. The van der Waals surface area contributed by atoms with E-state index >= 15 is 0 Å². The standard InChI is InChI=1S/C17H23N3OS/c1-19-10-8-14(11-17(19)21)12-22-13-16-7-9-18-20(16)15-5-3-2-4-6-15/h7-11,15H,2-6,12-13H2,1H3. The SMILES string of the molecule is Cn1ccc(CSCc2ccnn2C2CCCCC2)cc1=O. The van der Waals surface area contributed by atoms with Crippen LogP contribution in [0.25, 0.3) is 0 Å². The molecule has 2 aromatic heterocycles. The molecule has 0 radical (unpaired) electrons. The summed E-state index contributed by atoms with van der Waals surface area (Å²) in [6, 6.07) is 6.47. The van der Waals surface area contributed by atoms with Crippen molar-refractivity contribution in [2.24, 2.45) is 7.05 Å². The maximum absolute atomic E-state index is 11.6. The van der Waals surface area contributed by atoms with Crippen LogP contribution in [-0.4, -0.2) is 14.3 Å². The van der Waals surface area contributed by atoms with Crippen LogP contribution in [0, 0.1) is 0 Å². The first-order valence-electron chi connectivity index (χ1n) is 8.00. The van der Waals surface area contributed by atoms with Gasteiger partial charge in [0.15, 0.2) is 0 Å². The fraction of sp³-hybridized carbons (Fsp3) is 0.529. The average Bonchev–Trinajstić information content (AvgIpc) is 3.00. The summed E-state index contributed by atoms with van der Waals surface area (Å²) in [6.45, 7) is 0. The van der Waals surface area contributed by atoms with Crippen LogP contribution in [0.5, 0.6) is 0 Å². The summed E-state index contributed by atoms with van der Waals surface area (Å²) in [5.74, 6) is 1.82. The summed E-state index contributed by atoms with van der Waals surface area (Å²) >= 11 is 1.85. The van der Waals surface area contributed by atoms with Gasteiger partial charge in [-0.1, -0.05) is 19.3 Å². The zero-order valence-electron chi connectivity index (χ0n) is 13.1. The Labute approximate surface area is 135 Å². The van der Waals surface area contributed by atoms with Gasteiger partial charge in [0, 0.05) is 42.7 Å². The van der Waals surface area contributed by atoms with E-state index in [9.17, 15) is 4.79 Å². The predicted molar refractivity (Wildman–Crippen MR) is 91.0 cm³/mol. The second-order valence-electron chi connectivity index (χ2n) is 6.04. The highest BCUT2D eigenvalue weighted by Gasteiger charge is 2.17. The lowest BCUT2D eigenvalue weighted by Crippen LogP contribution is -2.16. The number of hydrogen-bond acceptors (Lipinski definition) is 3. The summed E-state index contributed by atoms with van der Waals surface area (Å²) in [4.78, 5) is 11.6. The average molecular weight is 317 g/mol. The molecule has 5 heteroatoms. The van der Waals surface area contributed by atoms with Crippen molar-refractivity contribution in [2.75, 3.05) is 0 Å². The monoisotopic (exact) mass is 317 g/mol. The van der Waals surface area contributed by atoms with Crippen LogP contribution >= 0.6 is 11.8 Å². The molecule has 3 rings (SSSR count). The van der Waals surface area contributed by atoms with E-state index in [0.29, 0.717) is 6.04 Å². The molecule has 0 N–H and O–H groups in total. The van der Waals surface area contributed by atoms with Crippen molar-refractivity contribution in [3.05, 3.63) is 52.2 Å². The summed E-state index contributed by atoms with van der Waals surface area (Å²) in [6.07, 6.45) is 10.3. The lowest BCUT2D eigenvalue weighted by Gasteiger charge is -2.23. The van der Waals surface area contributed by atoms with Crippen LogP contribution in [0.3, 0.4) is 0 Å². The molecule has 1 saturated carbocycles. The van der Waals surface area contributed by atoms with Crippen LogP contribution in [0.4, 0.5) is 0 Å². The molecule has 0 atom stereocenters. The fourth-order valence-electron chi connectivity index (χ4n) is 3.06. The largest absolute Gasteiger partial charge is 0.319 e. The molecule has 1 fully saturated rings. The lowest BCUT2D eigenvalue weighted by atomic mass is 9.95. The fourth-order valence-corrected chi connectivity index (χ4v) is 4.02. The molecule has 1 aliphatic rings. The van der Waals surface area contributed by atoms with E-state index in [1.165, 1.54) is 37.8 Å². The predicted octanol–water partition coefficient (Wildman–Crippen LogP) is 3.52. The molecule has 0 unspecified atom stereocenters. The van der Waals surface area contributed by atoms with Crippen molar-refractivity contribution in [1.29, 1.82) is 0 Å². The number of aryl methyl sites for hydroxylation is 1. The molecule has 0 amide bonds. The quantitative estimate of drug-likeness (QED) is 0.847. The van der Waals surface area contributed by atoms with E-state index < -0.39 is 0 Å². The summed E-state index contributed by atoms with van der Waals surface area (Å²) in [7, 11) is 1.78. The molecule has 0 saturated heterocycles. The number of hydrogen-bond donors (Lipinski definition) is 0. The van der Waals surface area contributed by atoms with E-state index in [0.717, 1.165) is 17.1 Å². The third kappa shape index (κ3) is 3.64. The van der Waals surface area contributed by atoms with Gasteiger partial charge in [0.05, 0.1) is 6.04 Å². The molecule has 0 spiro atoms. The van der Waals surface area contributed by atoms with E-state index in [1.54, 1.807) is 17.7 Å². The Morgan fingerprint density at radius 3 is 2.82 bits per heavy atom. The van der Waals surface area contributed by atoms with Gasteiger partial charge < -0.3 is 4.57 Å². The molecule has 2 aromatic rings. The first kappa shape index (κ1) is 15.4. The minimum Gasteiger partial charge on any atom is -0.319 e. The Morgan fingerprint density at radius 2 is 2.05 bits per heavy atom. The van der Waals surface area contributed by atoms with Gasteiger partial charge in [0.25, 0.3) is 5.56 Å². The maximum Gasteiger partial charge on any atom is 0.250 e. The Kier molecular flexibility index (Phi) is 5.03. The van der Waals surface area contributed by atoms with Gasteiger partial charge >= 0.3 is 0 Å². The molecular formula is C17H23N3OS. The molecule has 22 heavy (non-hydrogen) atoms. The van der Waals surface area contributed by atoms with E-state index in [4.69, 9.17) is 0 Å². The van der Waals surface area contributed by atoms with Crippen molar-refractivity contribution < 1.29 is 0 Å². The highest BCUT2D eigenvalue weighted by molar-refractivity contribution is 7.97. The Balaban J connectivity index is 1.58. The maximum atomic E-state index is 11.6. The molecule has 118 valence electrons. The first-order chi connectivity index (χ1) is 10.7. The topological polar surface area (TPSA) is 39.8 Å². The second kappa shape index (κ2) is 7.18. The Bertz CT molecular complexity index is 671. The summed E-state index contributed by atoms with van der Waals surface area (Å²) in [5, 5.41) is 4.54. The van der Waals surface area contributed by atoms with Crippen molar-refractivity contribution in [3.63, 3.8) is 0 Å². The third-order valence-electron chi connectivity index (χ3n) is 4.36. The highest BCUT2D eigenvalue weighted by atomic mass is 32.2. The second-order valence-corrected chi connectivity index (χ2v) is 7.02. The van der Waals surface area contributed by atoms with E-state index in [-0.39, 0.29) is 5.56 Å².